The third kappa shape index (κ3) is 4.58. The fraction of sp³-hybridized carbons (Fsp3) is 0.200. The van der Waals surface area contributed by atoms with Crippen LogP contribution < -0.4 is 9.47 Å². The van der Waals surface area contributed by atoms with Crippen LogP contribution in [-0.2, 0) is 12.8 Å². The molecule has 0 saturated carbocycles. The Balaban J connectivity index is 1.85. The molecule has 138 valence electrons. The summed E-state index contributed by atoms with van der Waals surface area (Å²) in [6, 6.07) is 14.9. The van der Waals surface area contributed by atoms with Gasteiger partial charge in [-0.05, 0) is 35.4 Å². The van der Waals surface area contributed by atoms with Gasteiger partial charge < -0.3 is 9.47 Å². The quantitative estimate of drug-likeness (QED) is 0.470. The lowest BCUT2D eigenvalue weighted by Crippen LogP contribution is -2.06. The van der Waals surface area contributed by atoms with Crippen molar-refractivity contribution >= 4 is 5.69 Å². The van der Waals surface area contributed by atoms with Crippen molar-refractivity contribution in [2.45, 2.75) is 12.8 Å². The standard InChI is InChI=1S/C20H19N3O4/c1-26-16-7-3-14(4-8-16)11-18-19(23(24)25)13-21-20(22-18)12-15-5-9-17(27-2)10-6-15/h3-10,13H,11-12H2,1-2H3. The Morgan fingerprint density at radius 2 is 1.41 bits per heavy atom. The van der Waals surface area contributed by atoms with Crippen molar-refractivity contribution in [2.75, 3.05) is 14.2 Å². The minimum absolute atomic E-state index is 0.0794. The van der Waals surface area contributed by atoms with Gasteiger partial charge in [-0.3, -0.25) is 10.1 Å². The summed E-state index contributed by atoms with van der Waals surface area (Å²) in [4.78, 5) is 19.5. The van der Waals surface area contributed by atoms with E-state index in [4.69, 9.17) is 9.47 Å². The lowest BCUT2D eigenvalue weighted by molar-refractivity contribution is -0.386. The molecule has 7 heteroatoms. The van der Waals surface area contributed by atoms with Crippen molar-refractivity contribution < 1.29 is 14.4 Å². The predicted molar refractivity (Wildman–Crippen MR) is 100 cm³/mol. The molecule has 0 radical (unpaired) electrons. The summed E-state index contributed by atoms with van der Waals surface area (Å²) in [7, 11) is 3.20. The highest BCUT2D eigenvalue weighted by molar-refractivity contribution is 5.38. The second-order valence-corrected chi connectivity index (χ2v) is 5.92. The topological polar surface area (TPSA) is 87.4 Å². The van der Waals surface area contributed by atoms with Gasteiger partial charge in [0.25, 0.3) is 0 Å². The number of aromatic nitrogens is 2. The molecular weight excluding hydrogens is 346 g/mol. The molecule has 3 aromatic rings. The van der Waals surface area contributed by atoms with Crippen molar-refractivity contribution in [3.63, 3.8) is 0 Å². The molecule has 0 saturated heterocycles. The van der Waals surface area contributed by atoms with E-state index in [1.165, 1.54) is 6.20 Å². The molecular formula is C20H19N3O4. The predicted octanol–water partition coefficient (Wildman–Crippen LogP) is 3.58. The molecule has 27 heavy (non-hydrogen) atoms. The van der Waals surface area contributed by atoms with Crippen LogP contribution in [-0.4, -0.2) is 29.1 Å². The van der Waals surface area contributed by atoms with E-state index in [2.05, 4.69) is 9.97 Å². The zero-order valence-corrected chi connectivity index (χ0v) is 15.1. The van der Waals surface area contributed by atoms with Crippen LogP contribution in [0.2, 0.25) is 0 Å². The van der Waals surface area contributed by atoms with Crippen molar-refractivity contribution in [3.8, 4) is 11.5 Å². The third-order valence-electron chi connectivity index (χ3n) is 4.14. The van der Waals surface area contributed by atoms with Gasteiger partial charge in [-0.2, -0.15) is 0 Å². The number of hydrogen-bond acceptors (Lipinski definition) is 6. The Hall–Kier alpha value is -3.48. The summed E-state index contributed by atoms with van der Waals surface area (Å²) in [6.07, 6.45) is 2.11. The first-order valence-electron chi connectivity index (χ1n) is 8.34. The zero-order chi connectivity index (χ0) is 19.2. The van der Waals surface area contributed by atoms with Crippen molar-refractivity contribution in [3.05, 3.63) is 87.5 Å². The number of rotatable bonds is 7. The van der Waals surface area contributed by atoms with E-state index in [1.54, 1.807) is 14.2 Å². The van der Waals surface area contributed by atoms with Gasteiger partial charge in [0.1, 0.15) is 29.2 Å². The van der Waals surface area contributed by atoms with Gasteiger partial charge >= 0.3 is 5.69 Å². The zero-order valence-electron chi connectivity index (χ0n) is 15.1. The maximum absolute atomic E-state index is 11.3. The maximum atomic E-state index is 11.3. The van der Waals surface area contributed by atoms with E-state index in [9.17, 15) is 10.1 Å². The molecule has 0 spiro atoms. The molecule has 0 amide bonds. The van der Waals surface area contributed by atoms with E-state index in [1.807, 2.05) is 48.5 Å². The summed E-state index contributed by atoms with van der Waals surface area (Å²) in [5, 5.41) is 11.3. The van der Waals surface area contributed by atoms with Gasteiger partial charge in [0.2, 0.25) is 0 Å². The average molecular weight is 365 g/mol. The first-order chi connectivity index (χ1) is 13.1. The third-order valence-corrected chi connectivity index (χ3v) is 4.14. The van der Waals surface area contributed by atoms with Crippen molar-refractivity contribution in [1.82, 2.24) is 9.97 Å². The highest BCUT2D eigenvalue weighted by atomic mass is 16.6. The number of nitrogens with zero attached hydrogens (tertiary/aromatic N) is 3. The first kappa shape index (κ1) is 18.3. The van der Waals surface area contributed by atoms with Crippen LogP contribution >= 0.6 is 0 Å². The second-order valence-electron chi connectivity index (χ2n) is 5.92. The lowest BCUT2D eigenvalue weighted by Gasteiger charge is -2.07. The number of nitro groups is 1. The van der Waals surface area contributed by atoms with Crippen LogP contribution in [0.1, 0.15) is 22.6 Å². The molecule has 1 heterocycles. The lowest BCUT2D eigenvalue weighted by atomic mass is 10.1. The van der Waals surface area contributed by atoms with Crippen LogP contribution in [0.4, 0.5) is 5.69 Å². The monoisotopic (exact) mass is 365 g/mol. The summed E-state index contributed by atoms with van der Waals surface area (Å²) in [5.74, 6) is 2.04. The number of ether oxygens (including phenoxy) is 2. The Morgan fingerprint density at radius 3 is 1.89 bits per heavy atom. The molecule has 2 aromatic carbocycles. The molecule has 0 aliphatic rings. The van der Waals surface area contributed by atoms with Gasteiger partial charge in [-0.15, -0.1) is 0 Å². The second kappa shape index (κ2) is 8.27. The molecule has 0 N–H and O–H groups in total. The highest BCUT2D eigenvalue weighted by Gasteiger charge is 2.18. The van der Waals surface area contributed by atoms with Crippen LogP contribution in [0.15, 0.2) is 54.7 Å². The van der Waals surface area contributed by atoms with Gasteiger partial charge in [0.05, 0.1) is 19.1 Å². The minimum atomic E-state index is -0.448. The fourth-order valence-corrected chi connectivity index (χ4v) is 2.68. The van der Waals surface area contributed by atoms with E-state index in [-0.39, 0.29) is 5.69 Å². The molecule has 0 fully saturated rings. The first-order valence-corrected chi connectivity index (χ1v) is 8.34. The van der Waals surface area contributed by atoms with Gasteiger partial charge in [0.15, 0.2) is 0 Å². The summed E-state index contributed by atoms with van der Waals surface area (Å²) >= 11 is 0. The van der Waals surface area contributed by atoms with Crippen molar-refractivity contribution in [2.24, 2.45) is 0 Å². The number of benzene rings is 2. The average Bonchev–Trinajstić information content (AvgIpc) is 2.69. The van der Waals surface area contributed by atoms with Crippen LogP contribution in [0.3, 0.4) is 0 Å². The van der Waals surface area contributed by atoms with E-state index in [0.717, 1.165) is 22.6 Å². The molecule has 1 aromatic heterocycles. The minimum Gasteiger partial charge on any atom is -0.497 e. The molecule has 0 aliphatic carbocycles. The number of methoxy groups -OCH3 is 2. The molecule has 0 unspecified atom stereocenters. The Bertz CT molecular complexity index is 925. The maximum Gasteiger partial charge on any atom is 0.309 e. The molecule has 3 rings (SSSR count). The van der Waals surface area contributed by atoms with Gasteiger partial charge in [0, 0.05) is 12.8 Å². The Labute approximate surface area is 156 Å². The largest absolute Gasteiger partial charge is 0.497 e. The van der Waals surface area contributed by atoms with Crippen molar-refractivity contribution in [1.29, 1.82) is 0 Å². The van der Waals surface area contributed by atoms with E-state index >= 15 is 0 Å². The molecule has 0 atom stereocenters. The highest BCUT2D eigenvalue weighted by Crippen LogP contribution is 2.21. The molecule has 0 aliphatic heterocycles. The summed E-state index contributed by atoms with van der Waals surface area (Å²) in [5.41, 5.74) is 2.22. The summed E-state index contributed by atoms with van der Waals surface area (Å²) in [6.45, 7) is 0. The van der Waals surface area contributed by atoms with Gasteiger partial charge in [-0.1, -0.05) is 24.3 Å². The van der Waals surface area contributed by atoms with Crippen LogP contribution in [0.5, 0.6) is 11.5 Å². The van der Waals surface area contributed by atoms with E-state index in [0.29, 0.717) is 24.4 Å². The van der Waals surface area contributed by atoms with E-state index < -0.39 is 4.92 Å². The molecule has 0 bridgehead atoms. The summed E-state index contributed by atoms with van der Waals surface area (Å²) < 4.78 is 10.3. The Kier molecular flexibility index (Phi) is 5.61. The normalized spacial score (nSPS) is 10.4. The van der Waals surface area contributed by atoms with Crippen LogP contribution in [0.25, 0.3) is 0 Å². The molecule has 7 nitrogen and oxygen atoms in total. The Morgan fingerprint density at radius 1 is 0.889 bits per heavy atom. The number of hydrogen-bond donors (Lipinski definition) is 0. The van der Waals surface area contributed by atoms with Gasteiger partial charge in [-0.25, -0.2) is 9.97 Å². The SMILES string of the molecule is COc1ccc(Cc2ncc([N+](=O)[O-])c(Cc3ccc(OC)cc3)n2)cc1. The smallest absolute Gasteiger partial charge is 0.309 e. The van der Waals surface area contributed by atoms with Crippen LogP contribution in [0, 0.1) is 10.1 Å². The fourth-order valence-electron chi connectivity index (χ4n) is 2.68.